The Bertz CT molecular complexity index is 260. The fourth-order valence-electron chi connectivity index (χ4n) is 1.07. The summed E-state index contributed by atoms with van der Waals surface area (Å²) in [5, 5.41) is 11.3. The molecule has 0 saturated carbocycles. The largest absolute Gasteiger partial charge is 0.480 e. The zero-order valence-corrected chi connectivity index (χ0v) is 8.97. The van der Waals surface area contributed by atoms with Gasteiger partial charge in [0.15, 0.2) is 0 Å². The van der Waals surface area contributed by atoms with Gasteiger partial charge in [-0.25, -0.2) is 0 Å². The first-order valence-electron chi connectivity index (χ1n) is 4.30. The Kier molecular flexibility index (Phi) is 3.69. The molecule has 0 amide bonds. The summed E-state index contributed by atoms with van der Waals surface area (Å²) in [6.07, 6.45) is 0.529. The second kappa shape index (κ2) is 4.58. The molecule has 4 heteroatoms. The maximum absolute atomic E-state index is 9.33. The van der Waals surface area contributed by atoms with Crippen LogP contribution in [0.15, 0.2) is 5.38 Å². The zero-order valence-electron chi connectivity index (χ0n) is 8.15. The molecule has 0 aliphatic carbocycles. The van der Waals surface area contributed by atoms with E-state index in [1.54, 1.807) is 14.0 Å². The van der Waals surface area contributed by atoms with Crippen LogP contribution in [-0.2, 0) is 6.42 Å². The first kappa shape index (κ1) is 10.5. The minimum absolute atomic E-state index is 0.241. The Labute approximate surface area is 82.5 Å². The number of hydrogen-bond donors (Lipinski definition) is 1. The van der Waals surface area contributed by atoms with Crippen molar-refractivity contribution in [3.8, 4) is 5.88 Å². The van der Waals surface area contributed by atoms with E-state index >= 15 is 0 Å². The van der Waals surface area contributed by atoms with Crippen molar-refractivity contribution in [2.24, 2.45) is 5.92 Å². The monoisotopic (exact) mass is 201 g/mol. The molecule has 3 nitrogen and oxygen atoms in total. The SMILES string of the molecule is COc1nscc1CC(C)C(C)O. The fourth-order valence-corrected chi connectivity index (χ4v) is 1.73. The molecule has 1 aromatic heterocycles. The Hall–Kier alpha value is -0.610. The van der Waals surface area contributed by atoms with E-state index in [-0.39, 0.29) is 12.0 Å². The van der Waals surface area contributed by atoms with Crippen LogP contribution in [-0.4, -0.2) is 22.7 Å². The van der Waals surface area contributed by atoms with Crippen LogP contribution in [0.2, 0.25) is 0 Å². The molecule has 1 rings (SSSR count). The first-order chi connectivity index (χ1) is 6.15. The van der Waals surface area contributed by atoms with Gasteiger partial charge in [0.25, 0.3) is 0 Å². The maximum atomic E-state index is 9.33. The molecule has 0 saturated heterocycles. The predicted octanol–water partition coefficient (Wildman–Crippen LogP) is 1.71. The molecule has 0 radical (unpaired) electrons. The molecule has 13 heavy (non-hydrogen) atoms. The maximum Gasteiger partial charge on any atom is 0.228 e. The molecular weight excluding hydrogens is 186 g/mol. The minimum Gasteiger partial charge on any atom is -0.480 e. The first-order valence-corrected chi connectivity index (χ1v) is 5.14. The Balaban J connectivity index is 2.62. The van der Waals surface area contributed by atoms with E-state index in [2.05, 4.69) is 4.37 Å². The summed E-state index contributed by atoms with van der Waals surface area (Å²) in [6, 6.07) is 0. The lowest BCUT2D eigenvalue weighted by Gasteiger charge is -2.13. The highest BCUT2D eigenvalue weighted by atomic mass is 32.1. The van der Waals surface area contributed by atoms with Crippen molar-refractivity contribution in [2.75, 3.05) is 7.11 Å². The molecule has 0 bridgehead atoms. The van der Waals surface area contributed by atoms with Gasteiger partial charge < -0.3 is 9.84 Å². The molecule has 0 fully saturated rings. The molecule has 1 aromatic rings. The van der Waals surface area contributed by atoms with Crippen molar-refractivity contribution in [1.82, 2.24) is 4.37 Å². The highest BCUT2D eigenvalue weighted by molar-refractivity contribution is 7.03. The second-order valence-electron chi connectivity index (χ2n) is 3.27. The lowest BCUT2D eigenvalue weighted by molar-refractivity contribution is 0.135. The van der Waals surface area contributed by atoms with Crippen LogP contribution in [0.4, 0.5) is 0 Å². The molecule has 0 aromatic carbocycles. The van der Waals surface area contributed by atoms with Gasteiger partial charge in [-0.3, -0.25) is 0 Å². The molecular formula is C9H15NO2S. The fraction of sp³-hybridized carbons (Fsp3) is 0.667. The smallest absolute Gasteiger partial charge is 0.228 e. The van der Waals surface area contributed by atoms with E-state index in [0.717, 1.165) is 12.0 Å². The van der Waals surface area contributed by atoms with Crippen molar-refractivity contribution in [2.45, 2.75) is 26.4 Å². The third kappa shape index (κ3) is 2.67. The molecule has 2 atom stereocenters. The van der Waals surface area contributed by atoms with Crippen LogP contribution in [0.5, 0.6) is 5.88 Å². The van der Waals surface area contributed by atoms with Crippen molar-refractivity contribution in [1.29, 1.82) is 0 Å². The number of rotatable bonds is 4. The highest BCUT2D eigenvalue weighted by Crippen LogP contribution is 2.22. The van der Waals surface area contributed by atoms with Crippen LogP contribution < -0.4 is 4.74 Å². The third-order valence-corrected chi connectivity index (χ3v) is 2.83. The normalized spacial score (nSPS) is 15.4. The van der Waals surface area contributed by atoms with Crippen LogP contribution in [0.3, 0.4) is 0 Å². The van der Waals surface area contributed by atoms with Crippen LogP contribution >= 0.6 is 11.5 Å². The van der Waals surface area contributed by atoms with Crippen LogP contribution in [0.1, 0.15) is 19.4 Å². The van der Waals surface area contributed by atoms with Crippen LogP contribution in [0, 0.1) is 5.92 Å². The summed E-state index contributed by atoms with van der Waals surface area (Å²) in [5.41, 5.74) is 1.08. The van der Waals surface area contributed by atoms with Crippen molar-refractivity contribution in [3.63, 3.8) is 0 Å². The van der Waals surface area contributed by atoms with E-state index in [9.17, 15) is 5.11 Å². The van der Waals surface area contributed by atoms with Crippen molar-refractivity contribution >= 4 is 11.5 Å². The van der Waals surface area contributed by atoms with Gasteiger partial charge in [-0.2, -0.15) is 4.37 Å². The van der Waals surface area contributed by atoms with Crippen molar-refractivity contribution in [3.05, 3.63) is 10.9 Å². The number of aromatic nitrogens is 1. The Morgan fingerprint density at radius 3 is 2.85 bits per heavy atom. The van der Waals surface area contributed by atoms with E-state index in [1.807, 2.05) is 12.3 Å². The molecule has 2 unspecified atom stereocenters. The van der Waals surface area contributed by atoms with Gasteiger partial charge in [-0.15, -0.1) is 0 Å². The summed E-state index contributed by atoms with van der Waals surface area (Å²) in [5.74, 6) is 0.933. The Morgan fingerprint density at radius 1 is 1.62 bits per heavy atom. The summed E-state index contributed by atoms with van der Waals surface area (Å²) >= 11 is 1.39. The molecule has 0 aliphatic rings. The second-order valence-corrected chi connectivity index (χ2v) is 3.90. The number of aliphatic hydroxyl groups excluding tert-OH is 1. The lowest BCUT2D eigenvalue weighted by Crippen LogP contribution is -2.15. The number of methoxy groups -OCH3 is 1. The predicted molar refractivity (Wildman–Crippen MR) is 53.2 cm³/mol. The zero-order chi connectivity index (χ0) is 9.84. The summed E-state index contributed by atoms with van der Waals surface area (Å²) in [7, 11) is 1.62. The van der Waals surface area contributed by atoms with Gasteiger partial charge in [0.05, 0.1) is 13.2 Å². The standard InChI is InChI=1S/C9H15NO2S/c1-6(7(2)11)4-8-5-13-10-9(8)12-3/h5-7,11H,4H2,1-3H3. The minimum atomic E-state index is -0.287. The number of aliphatic hydroxyl groups is 1. The average Bonchev–Trinajstić information content (AvgIpc) is 2.51. The molecule has 1 N–H and O–H groups in total. The van der Waals surface area contributed by atoms with Gasteiger partial charge in [-0.1, -0.05) is 6.92 Å². The quantitative estimate of drug-likeness (QED) is 0.806. The number of hydrogen-bond acceptors (Lipinski definition) is 4. The summed E-state index contributed by atoms with van der Waals surface area (Å²) < 4.78 is 9.17. The average molecular weight is 201 g/mol. The number of ether oxygens (including phenoxy) is 1. The van der Waals surface area contributed by atoms with Gasteiger partial charge in [0.1, 0.15) is 0 Å². The third-order valence-electron chi connectivity index (χ3n) is 2.16. The van der Waals surface area contributed by atoms with E-state index in [1.165, 1.54) is 11.5 Å². The summed E-state index contributed by atoms with van der Waals surface area (Å²) in [6.45, 7) is 3.82. The Morgan fingerprint density at radius 2 is 2.31 bits per heavy atom. The van der Waals surface area contributed by atoms with Crippen LogP contribution in [0.25, 0.3) is 0 Å². The van der Waals surface area contributed by atoms with Gasteiger partial charge >= 0.3 is 0 Å². The van der Waals surface area contributed by atoms with Gasteiger partial charge in [0.2, 0.25) is 5.88 Å². The van der Waals surface area contributed by atoms with E-state index < -0.39 is 0 Å². The molecule has 74 valence electrons. The van der Waals surface area contributed by atoms with Gasteiger partial charge in [0, 0.05) is 10.9 Å². The summed E-state index contributed by atoms with van der Waals surface area (Å²) in [4.78, 5) is 0. The molecule has 0 aliphatic heterocycles. The lowest BCUT2D eigenvalue weighted by atomic mass is 9.99. The molecule has 1 heterocycles. The highest BCUT2D eigenvalue weighted by Gasteiger charge is 2.14. The topological polar surface area (TPSA) is 42.4 Å². The number of nitrogens with zero attached hydrogens (tertiary/aromatic N) is 1. The van der Waals surface area contributed by atoms with Gasteiger partial charge in [-0.05, 0) is 30.8 Å². The van der Waals surface area contributed by atoms with E-state index in [4.69, 9.17) is 4.74 Å². The van der Waals surface area contributed by atoms with Crippen molar-refractivity contribution < 1.29 is 9.84 Å². The van der Waals surface area contributed by atoms with E-state index in [0.29, 0.717) is 5.88 Å². The molecule has 0 spiro atoms.